The van der Waals surface area contributed by atoms with Crippen molar-refractivity contribution < 1.29 is 24.7 Å². The lowest BCUT2D eigenvalue weighted by molar-refractivity contribution is -0.385. The highest BCUT2D eigenvalue weighted by Gasteiger charge is 2.19. The zero-order valence-corrected chi connectivity index (χ0v) is 10.7. The van der Waals surface area contributed by atoms with Gasteiger partial charge in [0.2, 0.25) is 5.75 Å². The van der Waals surface area contributed by atoms with Crippen LogP contribution < -0.4 is 4.74 Å². The third-order valence-electron chi connectivity index (χ3n) is 2.71. The highest BCUT2D eigenvalue weighted by atomic mass is 16.6. The van der Waals surface area contributed by atoms with E-state index in [-0.39, 0.29) is 17.9 Å². The molecule has 0 aliphatic rings. The summed E-state index contributed by atoms with van der Waals surface area (Å²) >= 11 is 0. The molecule has 108 valence electrons. The Kier molecular flexibility index (Phi) is 4.15. The van der Waals surface area contributed by atoms with Crippen molar-refractivity contribution in [1.82, 2.24) is 0 Å². The maximum absolute atomic E-state index is 11.0. The summed E-state index contributed by atoms with van der Waals surface area (Å²) in [5, 5.41) is 28.9. The van der Waals surface area contributed by atoms with Crippen LogP contribution in [0, 0.1) is 10.1 Å². The van der Waals surface area contributed by atoms with Crippen LogP contribution in [-0.2, 0) is 6.61 Å². The fourth-order valence-electron chi connectivity index (χ4n) is 1.71. The molecule has 0 spiro atoms. The van der Waals surface area contributed by atoms with Crippen molar-refractivity contribution in [2.24, 2.45) is 0 Å². The average molecular weight is 289 g/mol. The molecule has 0 saturated carbocycles. The minimum atomic E-state index is -1.26. The second-order valence-electron chi connectivity index (χ2n) is 4.15. The van der Waals surface area contributed by atoms with E-state index in [1.54, 1.807) is 18.2 Å². The first-order chi connectivity index (χ1) is 10.0. The second-order valence-corrected chi connectivity index (χ2v) is 4.15. The smallest absolute Gasteiger partial charge is 0.335 e. The molecule has 0 unspecified atom stereocenters. The molecule has 0 aromatic heterocycles. The van der Waals surface area contributed by atoms with Crippen molar-refractivity contribution >= 4 is 11.7 Å². The molecule has 0 aliphatic heterocycles. The van der Waals surface area contributed by atoms with Crippen LogP contribution in [0.5, 0.6) is 11.5 Å². The van der Waals surface area contributed by atoms with E-state index in [1.807, 2.05) is 0 Å². The Morgan fingerprint density at radius 1 is 1.24 bits per heavy atom. The largest absolute Gasteiger partial charge is 0.478 e. The first-order valence-corrected chi connectivity index (χ1v) is 5.90. The van der Waals surface area contributed by atoms with Crippen molar-refractivity contribution in [2.75, 3.05) is 0 Å². The molecule has 0 heterocycles. The second kappa shape index (κ2) is 6.02. The van der Waals surface area contributed by atoms with E-state index in [0.717, 1.165) is 6.07 Å². The molecule has 7 nitrogen and oxygen atoms in total. The van der Waals surface area contributed by atoms with E-state index >= 15 is 0 Å². The van der Waals surface area contributed by atoms with Gasteiger partial charge in [0, 0.05) is 6.07 Å². The summed E-state index contributed by atoms with van der Waals surface area (Å²) in [7, 11) is 0. The highest BCUT2D eigenvalue weighted by molar-refractivity contribution is 5.88. The maximum atomic E-state index is 11.0. The monoisotopic (exact) mass is 289 g/mol. The lowest BCUT2D eigenvalue weighted by atomic mass is 10.2. The number of nitrogens with zero attached hydrogens (tertiary/aromatic N) is 1. The van der Waals surface area contributed by atoms with E-state index in [2.05, 4.69) is 0 Å². The molecule has 0 bridgehead atoms. The number of hydrogen-bond donors (Lipinski definition) is 2. The van der Waals surface area contributed by atoms with Crippen LogP contribution in [0.3, 0.4) is 0 Å². The normalized spacial score (nSPS) is 10.1. The van der Waals surface area contributed by atoms with Crippen LogP contribution in [-0.4, -0.2) is 21.1 Å². The van der Waals surface area contributed by atoms with E-state index in [1.165, 1.54) is 18.2 Å². The number of hydrogen-bond acceptors (Lipinski definition) is 5. The predicted molar refractivity (Wildman–Crippen MR) is 72.5 cm³/mol. The molecular formula is C14H11NO6. The summed E-state index contributed by atoms with van der Waals surface area (Å²) in [5.74, 6) is -1.01. The summed E-state index contributed by atoms with van der Waals surface area (Å²) in [6.07, 6.45) is 0. The number of benzene rings is 2. The Morgan fingerprint density at radius 3 is 2.62 bits per heavy atom. The first kappa shape index (κ1) is 14.5. The molecule has 21 heavy (non-hydrogen) atoms. The molecule has 0 fully saturated rings. The molecule has 7 heteroatoms. The van der Waals surface area contributed by atoms with Gasteiger partial charge in [-0.15, -0.1) is 0 Å². The Hall–Kier alpha value is -2.93. The minimum Gasteiger partial charge on any atom is -0.478 e. The SMILES string of the molecule is O=C(O)c1ccc(Oc2cccc(CO)c2)c([N+](=O)[O-])c1. The molecule has 2 rings (SSSR count). The predicted octanol–water partition coefficient (Wildman–Crippen LogP) is 2.58. The van der Waals surface area contributed by atoms with Crippen molar-refractivity contribution in [1.29, 1.82) is 0 Å². The van der Waals surface area contributed by atoms with Crippen LogP contribution in [0.2, 0.25) is 0 Å². The summed E-state index contributed by atoms with van der Waals surface area (Å²) in [5.41, 5.74) is -0.0419. The van der Waals surface area contributed by atoms with Crippen LogP contribution in [0.1, 0.15) is 15.9 Å². The molecule has 0 aliphatic carbocycles. The fourth-order valence-corrected chi connectivity index (χ4v) is 1.71. The highest BCUT2D eigenvalue weighted by Crippen LogP contribution is 2.32. The van der Waals surface area contributed by atoms with E-state index in [9.17, 15) is 14.9 Å². The number of carboxylic acid groups (broad SMARTS) is 1. The Balaban J connectivity index is 2.38. The van der Waals surface area contributed by atoms with E-state index in [4.69, 9.17) is 14.9 Å². The molecule has 2 N–H and O–H groups in total. The van der Waals surface area contributed by atoms with Gasteiger partial charge in [0.15, 0.2) is 0 Å². The van der Waals surface area contributed by atoms with Gasteiger partial charge >= 0.3 is 11.7 Å². The quantitative estimate of drug-likeness (QED) is 0.646. The van der Waals surface area contributed by atoms with Gasteiger partial charge in [-0.1, -0.05) is 12.1 Å². The number of rotatable bonds is 5. The average Bonchev–Trinajstić information content (AvgIpc) is 2.47. The summed E-state index contributed by atoms with van der Waals surface area (Å²) in [6, 6.07) is 9.82. The van der Waals surface area contributed by atoms with Gasteiger partial charge in [0.1, 0.15) is 5.75 Å². The van der Waals surface area contributed by atoms with E-state index < -0.39 is 16.6 Å². The molecule has 0 saturated heterocycles. The van der Waals surface area contributed by atoms with Crippen LogP contribution >= 0.6 is 0 Å². The van der Waals surface area contributed by atoms with Gasteiger partial charge in [-0.3, -0.25) is 10.1 Å². The van der Waals surface area contributed by atoms with Crippen LogP contribution in [0.15, 0.2) is 42.5 Å². The maximum Gasteiger partial charge on any atom is 0.335 e. The number of nitro groups is 1. The standard InChI is InChI=1S/C14H11NO6/c16-8-9-2-1-3-11(6-9)21-13-5-4-10(14(17)18)7-12(13)15(19)20/h1-7,16H,8H2,(H,17,18). The first-order valence-electron chi connectivity index (χ1n) is 5.90. The zero-order chi connectivity index (χ0) is 15.4. The third kappa shape index (κ3) is 3.34. The van der Waals surface area contributed by atoms with Gasteiger partial charge in [-0.05, 0) is 29.8 Å². The Morgan fingerprint density at radius 2 is 2.00 bits per heavy atom. The Bertz CT molecular complexity index is 698. The molecule has 0 radical (unpaired) electrons. The lowest BCUT2D eigenvalue weighted by Crippen LogP contribution is -2.00. The van der Waals surface area contributed by atoms with Crippen molar-refractivity contribution in [3.05, 3.63) is 63.7 Å². The number of ether oxygens (including phenoxy) is 1. The fraction of sp³-hybridized carbons (Fsp3) is 0.0714. The molecule has 2 aromatic carbocycles. The van der Waals surface area contributed by atoms with Crippen molar-refractivity contribution in [3.8, 4) is 11.5 Å². The van der Waals surface area contributed by atoms with Crippen molar-refractivity contribution in [3.63, 3.8) is 0 Å². The number of carboxylic acids is 1. The molecular weight excluding hydrogens is 278 g/mol. The van der Waals surface area contributed by atoms with Crippen molar-refractivity contribution in [2.45, 2.75) is 6.61 Å². The lowest BCUT2D eigenvalue weighted by Gasteiger charge is -2.08. The van der Waals surface area contributed by atoms with Gasteiger partial charge < -0.3 is 14.9 Å². The minimum absolute atomic E-state index is 0.0694. The molecule has 2 aromatic rings. The van der Waals surface area contributed by atoms with Gasteiger partial charge in [0.05, 0.1) is 17.1 Å². The van der Waals surface area contributed by atoms with Crippen LogP contribution in [0.4, 0.5) is 5.69 Å². The van der Waals surface area contributed by atoms with Crippen LogP contribution in [0.25, 0.3) is 0 Å². The number of carbonyl (C=O) groups is 1. The number of aromatic carboxylic acids is 1. The van der Waals surface area contributed by atoms with Gasteiger partial charge in [-0.2, -0.15) is 0 Å². The molecule has 0 amide bonds. The topological polar surface area (TPSA) is 110 Å². The summed E-state index contributed by atoms with van der Waals surface area (Å²) in [4.78, 5) is 21.1. The summed E-state index contributed by atoms with van der Waals surface area (Å²) < 4.78 is 5.40. The van der Waals surface area contributed by atoms with E-state index in [0.29, 0.717) is 11.3 Å². The number of nitro benzene ring substituents is 1. The number of aliphatic hydroxyl groups is 1. The number of aliphatic hydroxyl groups excluding tert-OH is 1. The van der Waals surface area contributed by atoms with Gasteiger partial charge in [0.25, 0.3) is 0 Å². The van der Waals surface area contributed by atoms with Gasteiger partial charge in [-0.25, -0.2) is 4.79 Å². The Labute approximate surface area is 119 Å². The summed E-state index contributed by atoms with van der Waals surface area (Å²) in [6.45, 7) is -0.183. The third-order valence-corrected chi connectivity index (χ3v) is 2.71. The molecule has 0 atom stereocenters. The zero-order valence-electron chi connectivity index (χ0n) is 10.7.